The molecule has 0 heterocycles. The predicted octanol–water partition coefficient (Wildman–Crippen LogP) is 5.40. The normalized spacial score (nSPS) is 10.7. The van der Waals surface area contributed by atoms with E-state index in [2.05, 4.69) is 31.8 Å². The molecule has 34 heavy (non-hydrogen) atoms. The number of benzene rings is 3. The van der Waals surface area contributed by atoms with Crippen molar-refractivity contribution in [1.82, 2.24) is 5.43 Å². The first-order chi connectivity index (χ1) is 16.3. The number of nitrogens with one attached hydrogen (secondary N) is 2. The fraction of sp³-hybridized carbons (Fsp3) is 0.160. The third kappa shape index (κ3) is 6.82. The molecule has 176 valence electrons. The van der Waals surface area contributed by atoms with E-state index in [1.165, 1.54) is 13.3 Å². The molecule has 0 radical (unpaired) electrons. The fourth-order valence-corrected chi connectivity index (χ4v) is 3.75. The van der Waals surface area contributed by atoms with E-state index in [1.807, 2.05) is 38.1 Å². The van der Waals surface area contributed by atoms with Gasteiger partial charge in [-0.1, -0.05) is 29.8 Å². The number of nitrogens with zero attached hydrogens (tertiary/aromatic N) is 1. The molecule has 0 saturated heterocycles. The Morgan fingerprint density at radius 3 is 2.56 bits per heavy atom. The minimum atomic E-state index is -0.887. The van der Waals surface area contributed by atoms with Crippen molar-refractivity contribution in [2.24, 2.45) is 5.10 Å². The van der Waals surface area contributed by atoms with Gasteiger partial charge in [-0.2, -0.15) is 5.10 Å². The van der Waals surface area contributed by atoms with Crippen LogP contribution in [0.4, 0.5) is 5.69 Å². The van der Waals surface area contributed by atoms with Crippen LogP contribution < -0.4 is 20.2 Å². The van der Waals surface area contributed by atoms with Crippen LogP contribution in [0, 0.1) is 13.8 Å². The lowest BCUT2D eigenvalue weighted by Gasteiger charge is -2.13. The molecule has 2 N–H and O–H groups in total. The van der Waals surface area contributed by atoms with Crippen LogP contribution in [0.25, 0.3) is 0 Å². The molecular formula is C25H23BrClN3O4. The highest BCUT2D eigenvalue weighted by atomic mass is 79.9. The molecular weight excluding hydrogens is 522 g/mol. The number of hydrogen-bond acceptors (Lipinski definition) is 5. The van der Waals surface area contributed by atoms with Gasteiger partial charge in [0.15, 0.2) is 11.5 Å². The number of carbonyl (C=O) groups is 2. The molecule has 0 saturated carbocycles. The second kappa shape index (κ2) is 11.7. The number of rotatable bonds is 7. The minimum absolute atomic E-state index is 0.300. The second-order valence-electron chi connectivity index (χ2n) is 7.40. The zero-order valence-corrected chi connectivity index (χ0v) is 21.2. The minimum Gasteiger partial charge on any atom is -0.493 e. The van der Waals surface area contributed by atoms with Gasteiger partial charge in [-0.25, -0.2) is 5.43 Å². The monoisotopic (exact) mass is 543 g/mol. The number of ether oxygens (including phenoxy) is 2. The number of amides is 2. The maximum atomic E-state index is 12.1. The summed E-state index contributed by atoms with van der Waals surface area (Å²) >= 11 is 9.50. The molecule has 3 aromatic carbocycles. The van der Waals surface area contributed by atoms with Gasteiger partial charge in [0.1, 0.15) is 6.61 Å². The van der Waals surface area contributed by atoms with Gasteiger partial charge in [-0.3, -0.25) is 9.59 Å². The standard InChI is InChI=1S/C25H23BrClN3O4/c1-15-7-8-20(9-16(15)2)29-24(31)25(32)30-28-13-18-11-21(26)23(22(12-18)33-3)34-14-17-5-4-6-19(27)10-17/h4-13H,14H2,1-3H3,(H,29,31)(H,30,32)/b28-13+. The summed E-state index contributed by atoms with van der Waals surface area (Å²) in [5.41, 5.74) is 6.39. The van der Waals surface area contributed by atoms with Gasteiger partial charge in [-0.15, -0.1) is 0 Å². The summed E-state index contributed by atoms with van der Waals surface area (Å²) < 4.78 is 12.0. The van der Waals surface area contributed by atoms with Crippen molar-refractivity contribution in [3.05, 3.63) is 86.3 Å². The third-order valence-electron chi connectivity index (χ3n) is 4.87. The fourth-order valence-electron chi connectivity index (χ4n) is 2.96. The van der Waals surface area contributed by atoms with Crippen LogP contribution in [-0.2, 0) is 16.2 Å². The molecule has 0 bridgehead atoms. The Labute approximate surface area is 211 Å². The van der Waals surface area contributed by atoms with E-state index in [-0.39, 0.29) is 0 Å². The number of hydrogen-bond donors (Lipinski definition) is 2. The maximum absolute atomic E-state index is 12.1. The topological polar surface area (TPSA) is 89.0 Å². The largest absolute Gasteiger partial charge is 0.493 e. The molecule has 0 atom stereocenters. The van der Waals surface area contributed by atoms with Crippen molar-refractivity contribution in [3.63, 3.8) is 0 Å². The molecule has 3 aromatic rings. The average Bonchev–Trinajstić information content (AvgIpc) is 2.80. The molecule has 0 spiro atoms. The van der Waals surface area contributed by atoms with Gasteiger partial charge in [0.2, 0.25) is 0 Å². The van der Waals surface area contributed by atoms with Crippen molar-refractivity contribution in [1.29, 1.82) is 0 Å². The SMILES string of the molecule is COc1cc(/C=N/NC(=O)C(=O)Nc2ccc(C)c(C)c2)cc(Br)c1OCc1cccc(Cl)c1. The average molecular weight is 545 g/mol. The van der Waals surface area contributed by atoms with Crippen LogP contribution in [0.2, 0.25) is 5.02 Å². The molecule has 0 unspecified atom stereocenters. The van der Waals surface area contributed by atoms with Crippen molar-refractivity contribution in [2.75, 3.05) is 12.4 Å². The van der Waals surface area contributed by atoms with Crippen LogP contribution in [0.1, 0.15) is 22.3 Å². The van der Waals surface area contributed by atoms with E-state index >= 15 is 0 Å². The van der Waals surface area contributed by atoms with E-state index < -0.39 is 11.8 Å². The first-order valence-corrected chi connectivity index (χ1v) is 11.4. The second-order valence-corrected chi connectivity index (χ2v) is 8.70. The van der Waals surface area contributed by atoms with Gasteiger partial charge in [0, 0.05) is 10.7 Å². The van der Waals surface area contributed by atoms with E-state index in [1.54, 1.807) is 30.3 Å². The number of carbonyl (C=O) groups excluding carboxylic acids is 2. The van der Waals surface area contributed by atoms with E-state index in [0.29, 0.717) is 38.9 Å². The molecule has 0 fully saturated rings. The highest BCUT2D eigenvalue weighted by molar-refractivity contribution is 9.10. The van der Waals surface area contributed by atoms with Crippen LogP contribution in [0.3, 0.4) is 0 Å². The van der Waals surface area contributed by atoms with Crippen molar-refractivity contribution in [2.45, 2.75) is 20.5 Å². The maximum Gasteiger partial charge on any atom is 0.329 e. The van der Waals surface area contributed by atoms with E-state index in [4.69, 9.17) is 21.1 Å². The molecule has 0 aliphatic heterocycles. The van der Waals surface area contributed by atoms with Crippen molar-refractivity contribution >= 4 is 51.2 Å². The summed E-state index contributed by atoms with van der Waals surface area (Å²) in [5, 5.41) is 7.04. The van der Waals surface area contributed by atoms with Gasteiger partial charge in [0.25, 0.3) is 0 Å². The summed E-state index contributed by atoms with van der Waals surface area (Å²) in [6.07, 6.45) is 1.40. The first kappa shape index (κ1) is 25.3. The Morgan fingerprint density at radius 1 is 1.06 bits per heavy atom. The van der Waals surface area contributed by atoms with Crippen LogP contribution >= 0.6 is 27.5 Å². The summed E-state index contributed by atoms with van der Waals surface area (Å²) in [6.45, 7) is 4.19. The lowest BCUT2D eigenvalue weighted by atomic mass is 10.1. The summed E-state index contributed by atoms with van der Waals surface area (Å²) in [7, 11) is 1.52. The highest BCUT2D eigenvalue weighted by Gasteiger charge is 2.14. The van der Waals surface area contributed by atoms with E-state index in [0.717, 1.165) is 16.7 Å². The van der Waals surface area contributed by atoms with Crippen LogP contribution in [0.5, 0.6) is 11.5 Å². The Balaban J connectivity index is 1.62. The Bertz CT molecular complexity index is 1250. The van der Waals surface area contributed by atoms with Gasteiger partial charge in [-0.05, 0) is 88.4 Å². The summed E-state index contributed by atoms with van der Waals surface area (Å²) in [4.78, 5) is 24.2. The third-order valence-corrected chi connectivity index (χ3v) is 5.70. The number of aryl methyl sites for hydroxylation is 2. The first-order valence-electron chi connectivity index (χ1n) is 10.2. The number of hydrazone groups is 1. The smallest absolute Gasteiger partial charge is 0.329 e. The molecule has 9 heteroatoms. The lowest BCUT2D eigenvalue weighted by molar-refractivity contribution is -0.136. The Hall–Kier alpha value is -3.36. The van der Waals surface area contributed by atoms with Gasteiger partial charge < -0.3 is 14.8 Å². The number of halogens is 2. The van der Waals surface area contributed by atoms with Crippen LogP contribution in [0.15, 0.2) is 64.2 Å². The lowest BCUT2D eigenvalue weighted by Crippen LogP contribution is -2.32. The van der Waals surface area contributed by atoms with Crippen molar-refractivity contribution < 1.29 is 19.1 Å². The molecule has 3 rings (SSSR count). The predicted molar refractivity (Wildman–Crippen MR) is 137 cm³/mol. The molecule has 0 aliphatic rings. The highest BCUT2D eigenvalue weighted by Crippen LogP contribution is 2.37. The summed E-state index contributed by atoms with van der Waals surface area (Å²) in [6, 6.07) is 16.2. The zero-order chi connectivity index (χ0) is 24.7. The molecule has 2 amide bonds. The molecule has 7 nitrogen and oxygen atoms in total. The van der Waals surface area contributed by atoms with Crippen molar-refractivity contribution in [3.8, 4) is 11.5 Å². The number of methoxy groups -OCH3 is 1. The van der Waals surface area contributed by atoms with Gasteiger partial charge >= 0.3 is 11.8 Å². The quantitative estimate of drug-likeness (QED) is 0.237. The van der Waals surface area contributed by atoms with Crippen LogP contribution in [-0.4, -0.2) is 25.1 Å². The number of anilines is 1. The Morgan fingerprint density at radius 2 is 1.85 bits per heavy atom. The summed E-state index contributed by atoms with van der Waals surface area (Å²) in [5.74, 6) is -0.723. The van der Waals surface area contributed by atoms with E-state index in [9.17, 15) is 9.59 Å². The molecule has 0 aliphatic carbocycles. The zero-order valence-electron chi connectivity index (χ0n) is 18.8. The Kier molecular flexibility index (Phi) is 8.67. The molecule has 0 aromatic heterocycles. The van der Waals surface area contributed by atoms with Gasteiger partial charge in [0.05, 0.1) is 17.8 Å².